The minimum atomic E-state index is -3.59. The highest BCUT2D eigenvalue weighted by Gasteiger charge is 2.17. The molecule has 0 heterocycles. The van der Waals surface area contributed by atoms with E-state index in [9.17, 15) is 13.2 Å². The van der Waals surface area contributed by atoms with Gasteiger partial charge in [-0.2, -0.15) is 0 Å². The number of carbonyl (C=O) groups excluding carboxylic acids is 1. The quantitative estimate of drug-likeness (QED) is 0.761. The monoisotopic (exact) mass is 388 g/mol. The molecule has 146 valence electrons. The fourth-order valence-corrected chi connectivity index (χ4v) is 3.53. The SMILES string of the molecule is CCCNC(=O)c1ccc(CNS(=O)(=O)c2ccc(C(C)(C)C)cc2)cc1. The second-order valence-corrected chi connectivity index (χ2v) is 9.32. The van der Waals surface area contributed by atoms with Crippen molar-refractivity contribution in [2.24, 2.45) is 0 Å². The maximum absolute atomic E-state index is 12.5. The van der Waals surface area contributed by atoms with E-state index in [0.717, 1.165) is 17.5 Å². The van der Waals surface area contributed by atoms with Crippen molar-refractivity contribution in [1.29, 1.82) is 0 Å². The number of rotatable bonds is 7. The Balaban J connectivity index is 2.01. The molecule has 2 aromatic carbocycles. The van der Waals surface area contributed by atoms with Gasteiger partial charge in [0.1, 0.15) is 0 Å². The molecule has 0 aliphatic heterocycles. The van der Waals surface area contributed by atoms with Gasteiger partial charge in [0.05, 0.1) is 4.90 Å². The van der Waals surface area contributed by atoms with Crippen LogP contribution in [-0.2, 0) is 22.0 Å². The molecule has 0 aromatic heterocycles. The Morgan fingerprint density at radius 2 is 1.56 bits per heavy atom. The van der Waals surface area contributed by atoms with E-state index in [1.807, 2.05) is 19.1 Å². The van der Waals surface area contributed by atoms with Gasteiger partial charge in [-0.1, -0.05) is 52.0 Å². The first-order valence-corrected chi connectivity index (χ1v) is 10.6. The standard InChI is InChI=1S/C21H28N2O3S/c1-5-14-22-20(24)17-8-6-16(7-9-17)15-23-27(25,26)19-12-10-18(11-13-19)21(2,3)4/h6-13,23H,5,14-15H2,1-4H3,(H,22,24). The van der Waals surface area contributed by atoms with Crippen LogP contribution in [-0.4, -0.2) is 20.9 Å². The molecule has 0 saturated heterocycles. The Hall–Kier alpha value is -2.18. The zero-order valence-corrected chi connectivity index (χ0v) is 17.2. The van der Waals surface area contributed by atoms with Crippen LogP contribution in [0.1, 0.15) is 55.6 Å². The molecule has 5 nitrogen and oxygen atoms in total. The van der Waals surface area contributed by atoms with Crippen molar-refractivity contribution >= 4 is 15.9 Å². The van der Waals surface area contributed by atoms with Crippen LogP contribution in [0, 0.1) is 0 Å². The zero-order valence-electron chi connectivity index (χ0n) is 16.4. The summed E-state index contributed by atoms with van der Waals surface area (Å²) in [5, 5.41) is 2.81. The van der Waals surface area contributed by atoms with Gasteiger partial charge in [-0.15, -0.1) is 0 Å². The van der Waals surface area contributed by atoms with Gasteiger partial charge in [0.2, 0.25) is 10.0 Å². The fourth-order valence-electron chi connectivity index (χ4n) is 2.51. The van der Waals surface area contributed by atoms with Crippen LogP contribution in [0.2, 0.25) is 0 Å². The van der Waals surface area contributed by atoms with Gasteiger partial charge >= 0.3 is 0 Å². The molecule has 2 N–H and O–H groups in total. The lowest BCUT2D eigenvalue weighted by Gasteiger charge is -2.19. The van der Waals surface area contributed by atoms with Gasteiger partial charge in [-0.3, -0.25) is 4.79 Å². The Morgan fingerprint density at radius 3 is 2.07 bits per heavy atom. The lowest BCUT2D eigenvalue weighted by molar-refractivity contribution is 0.0953. The maximum Gasteiger partial charge on any atom is 0.251 e. The highest BCUT2D eigenvalue weighted by molar-refractivity contribution is 7.89. The molecule has 0 bridgehead atoms. The van der Waals surface area contributed by atoms with Crippen molar-refractivity contribution < 1.29 is 13.2 Å². The summed E-state index contributed by atoms with van der Waals surface area (Å²) < 4.78 is 27.6. The third-order valence-corrected chi connectivity index (χ3v) is 5.67. The van der Waals surface area contributed by atoms with E-state index in [1.54, 1.807) is 36.4 Å². The number of carbonyl (C=O) groups is 1. The molecule has 1 amide bonds. The Labute approximate surface area is 162 Å². The molecular weight excluding hydrogens is 360 g/mol. The number of benzene rings is 2. The van der Waals surface area contributed by atoms with Crippen molar-refractivity contribution in [2.45, 2.75) is 51.0 Å². The zero-order chi connectivity index (χ0) is 20.1. The summed E-state index contributed by atoms with van der Waals surface area (Å²) in [7, 11) is -3.59. The molecule has 6 heteroatoms. The van der Waals surface area contributed by atoms with Gasteiger partial charge in [0.25, 0.3) is 5.91 Å². The topological polar surface area (TPSA) is 75.3 Å². The normalized spacial score (nSPS) is 12.0. The van der Waals surface area contributed by atoms with Gasteiger partial charge in [0, 0.05) is 18.7 Å². The van der Waals surface area contributed by atoms with Crippen LogP contribution < -0.4 is 10.0 Å². The first-order valence-electron chi connectivity index (χ1n) is 9.11. The van der Waals surface area contributed by atoms with Crippen LogP contribution >= 0.6 is 0 Å². The van der Waals surface area contributed by atoms with E-state index in [1.165, 1.54) is 0 Å². The molecule has 2 rings (SSSR count). The van der Waals surface area contributed by atoms with Crippen molar-refractivity contribution in [1.82, 2.24) is 10.0 Å². The molecule has 0 aliphatic carbocycles. The molecule has 0 saturated carbocycles. The molecular formula is C21H28N2O3S. The van der Waals surface area contributed by atoms with Crippen molar-refractivity contribution in [2.75, 3.05) is 6.54 Å². The van der Waals surface area contributed by atoms with E-state index in [0.29, 0.717) is 12.1 Å². The fraction of sp³-hybridized carbons (Fsp3) is 0.381. The van der Waals surface area contributed by atoms with Crippen molar-refractivity contribution in [3.63, 3.8) is 0 Å². The second-order valence-electron chi connectivity index (χ2n) is 7.55. The molecule has 0 unspecified atom stereocenters. The van der Waals surface area contributed by atoms with Crippen molar-refractivity contribution in [3.05, 3.63) is 65.2 Å². The first kappa shape index (κ1) is 21.1. The predicted octanol–water partition coefficient (Wildman–Crippen LogP) is 3.60. The summed E-state index contributed by atoms with van der Waals surface area (Å²) in [5.74, 6) is -0.122. The van der Waals surface area contributed by atoms with E-state index in [-0.39, 0.29) is 22.8 Å². The minimum Gasteiger partial charge on any atom is -0.352 e. The molecule has 27 heavy (non-hydrogen) atoms. The summed E-state index contributed by atoms with van der Waals surface area (Å²) in [4.78, 5) is 12.1. The number of nitrogens with one attached hydrogen (secondary N) is 2. The van der Waals surface area contributed by atoms with E-state index < -0.39 is 10.0 Å². The Morgan fingerprint density at radius 1 is 0.963 bits per heavy atom. The van der Waals surface area contributed by atoms with Crippen LogP contribution in [0.4, 0.5) is 0 Å². The van der Waals surface area contributed by atoms with E-state index in [4.69, 9.17) is 0 Å². The molecule has 2 aromatic rings. The summed E-state index contributed by atoms with van der Waals surface area (Å²) >= 11 is 0. The highest BCUT2D eigenvalue weighted by atomic mass is 32.2. The molecule has 0 spiro atoms. The molecule has 0 aliphatic rings. The third-order valence-electron chi connectivity index (χ3n) is 4.25. The summed E-state index contributed by atoms with van der Waals surface area (Å²) in [6.07, 6.45) is 0.877. The predicted molar refractivity (Wildman–Crippen MR) is 108 cm³/mol. The number of hydrogen-bond donors (Lipinski definition) is 2. The smallest absolute Gasteiger partial charge is 0.251 e. The van der Waals surface area contributed by atoms with Crippen LogP contribution in [0.3, 0.4) is 0 Å². The van der Waals surface area contributed by atoms with E-state index in [2.05, 4.69) is 30.8 Å². The Bertz CT molecular complexity index is 865. The third kappa shape index (κ3) is 5.91. The average Bonchev–Trinajstić information content (AvgIpc) is 2.64. The minimum absolute atomic E-state index is 0.0269. The lowest BCUT2D eigenvalue weighted by atomic mass is 9.87. The van der Waals surface area contributed by atoms with Gasteiger partial charge in [0.15, 0.2) is 0 Å². The van der Waals surface area contributed by atoms with Crippen LogP contribution in [0.15, 0.2) is 53.4 Å². The van der Waals surface area contributed by atoms with Gasteiger partial charge in [-0.05, 0) is 47.2 Å². The maximum atomic E-state index is 12.5. The van der Waals surface area contributed by atoms with Gasteiger partial charge in [-0.25, -0.2) is 13.1 Å². The number of hydrogen-bond acceptors (Lipinski definition) is 3. The largest absolute Gasteiger partial charge is 0.352 e. The molecule has 0 radical (unpaired) electrons. The highest BCUT2D eigenvalue weighted by Crippen LogP contribution is 2.23. The summed E-state index contributed by atoms with van der Waals surface area (Å²) in [6.45, 7) is 9.05. The summed E-state index contributed by atoms with van der Waals surface area (Å²) in [6, 6.07) is 13.9. The molecule has 0 atom stereocenters. The average molecular weight is 389 g/mol. The lowest BCUT2D eigenvalue weighted by Crippen LogP contribution is -2.24. The number of amides is 1. The Kier molecular flexibility index (Phi) is 6.78. The van der Waals surface area contributed by atoms with Crippen LogP contribution in [0.5, 0.6) is 0 Å². The van der Waals surface area contributed by atoms with Crippen LogP contribution in [0.25, 0.3) is 0 Å². The molecule has 0 fully saturated rings. The van der Waals surface area contributed by atoms with E-state index >= 15 is 0 Å². The first-order chi connectivity index (χ1) is 12.6. The summed E-state index contributed by atoms with van der Waals surface area (Å²) in [5.41, 5.74) is 2.41. The van der Waals surface area contributed by atoms with Gasteiger partial charge < -0.3 is 5.32 Å². The van der Waals surface area contributed by atoms with Crippen molar-refractivity contribution in [3.8, 4) is 0 Å². The number of sulfonamides is 1. The second kappa shape index (κ2) is 8.67.